The van der Waals surface area contributed by atoms with Gasteiger partial charge in [0.15, 0.2) is 5.96 Å². The molecule has 1 heterocycles. The largest absolute Gasteiger partial charge is 0.357 e. The van der Waals surface area contributed by atoms with Gasteiger partial charge < -0.3 is 10.6 Å². The zero-order valence-electron chi connectivity index (χ0n) is 15.8. The molecule has 1 saturated heterocycles. The van der Waals surface area contributed by atoms with Crippen molar-refractivity contribution in [2.75, 3.05) is 38.5 Å². The van der Waals surface area contributed by atoms with Crippen LogP contribution >= 0.6 is 0 Å². The fraction of sp³-hybridized carbons (Fsp3) is 0.938. The van der Waals surface area contributed by atoms with E-state index < -0.39 is 10.0 Å². The summed E-state index contributed by atoms with van der Waals surface area (Å²) in [5, 5.41) is 6.80. The van der Waals surface area contributed by atoms with Crippen molar-refractivity contribution in [3.63, 3.8) is 0 Å². The second-order valence-electron chi connectivity index (χ2n) is 6.69. The summed E-state index contributed by atoms with van der Waals surface area (Å²) in [4.78, 5) is 7.05. The van der Waals surface area contributed by atoms with Gasteiger partial charge in [0.1, 0.15) is 0 Å². The summed E-state index contributed by atoms with van der Waals surface area (Å²) in [6, 6.07) is 0.953. The molecule has 1 rings (SSSR count). The van der Waals surface area contributed by atoms with Crippen molar-refractivity contribution in [2.24, 2.45) is 10.9 Å². The summed E-state index contributed by atoms with van der Waals surface area (Å²) in [5.74, 6) is 1.51. The molecule has 0 radical (unpaired) electrons. The molecule has 0 bridgehead atoms. The van der Waals surface area contributed by atoms with Gasteiger partial charge in [0.05, 0.1) is 5.75 Å². The maximum atomic E-state index is 11.4. The SMILES string of the molecule is CCNC(=NCCCNS(=O)(=O)CC)NC1CN(C(C)C)CC1C. The highest BCUT2D eigenvalue weighted by molar-refractivity contribution is 7.89. The highest BCUT2D eigenvalue weighted by Crippen LogP contribution is 2.18. The maximum Gasteiger partial charge on any atom is 0.211 e. The predicted octanol–water partition coefficient (Wildman–Crippen LogP) is 0.600. The van der Waals surface area contributed by atoms with Gasteiger partial charge in [-0.1, -0.05) is 6.92 Å². The normalized spacial score (nSPS) is 23.0. The van der Waals surface area contributed by atoms with Gasteiger partial charge in [-0.2, -0.15) is 0 Å². The van der Waals surface area contributed by atoms with Gasteiger partial charge >= 0.3 is 0 Å². The van der Waals surface area contributed by atoms with Crippen molar-refractivity contribution >= 4 is 16.0 Å². The van der Waals surface area contributed by atoms with E-state index in [0.717, 1.165) is 25.6 Å². The minimum absolute atomic E-state index is 0.117. The molecule has 1 fully saturated rings. The molecule has 0 aromatic carbocycles. The van der Waals surface area contributed by atoms with E-state index in [1.165, 1.54) is 0 Å². The molecule has 24 heavy (non-hydrogen) atoms. The molecule has 1 aliphatic heterocycles. The van der Waals surface area contributed by atoms with Crippen molar-refractivity contribution in [3.05, 3.63) is 0 Å². The van der Waals surface area contributed by atoms with E-state index in [1.54, 1.807) is 6.92 Å². The standard InChI is InChI=1S/C16H35N5O2S/c1-6-17-16(18-9-8-10-19-24(22,23)7-2)20-15-12-21(13(3)4)11-14(15)5/h13-15,19H,6-12H2,1-5H3,(H2,17,18,20). The van der Waals surface area contributed by atoms with Crippen LogP contribution in [0.5, 0.6) is 0 Å². The van der Waals surface area contributed by atoms with Crippen LogP contribution in [-0.2, 0) is 10.0 Å². The smallest absolute Gasteiger partial charge is 0.211 e. The number of aliphatic imine (C=N–C) groups is 1. The molecule has 1 aliphatic rings. The average Bonchev–Trinajstić information content (AvgIpc) is 2.88. The fourth-order valence-corrected chi connectivity index (χ4v) is 3.37. The lowest BCUT2D eigenvalue weighted by atomic mass is 10.1. The predicted molar refractivity (Wildman–Crippen MR) is 101 cm³/mol. The Morgan fingerprint density at radius 2 is 2.00 bits per heavy atom. The lowest BCUT2D eigenvalue weighted by Gasteiger charge is -2.22. The highest BCUT2D eigenvalue weighted by atomic mass is 32.2. The first kappa shape index (κ1) is 21.2. The summed E-state index contributed by atoms with van der Waals surface area (Å²) < 4.78 is 25.3. The summed E-state index contributed by atoms with van der Waals surface area (Å²) in [6.07, 6.45) is 0.689. The Balaban J connectivity index is 2.45. The van der Waals surface area contributed by atoms with Crippen molar-refractivity contribution in [3.8, 4) is 0 Å². The summed E-state index contributed by atoms with van der Waals surface area (Å²) in [5.41, 5.74) is 0. The van der Waals surface area contributed by atoms with E-state index >= 15 is 0 Å². The van der Waals surface area contributed by atoms with Crippen LogP contribution in [0, 0.1) is 5.92 Å². The third kappa shape index (κ3) is 7.36. The van der Waals surface area contributed by atoms with Crippen LogP contribution in [0.3, 0.4) is 0 Å². The van der Waals surface area contributed by atoms with Crippen molar-refractivity contribution < 1.29 is 8.42 Å². The van der Waals surface area contributed by atoms with Crippen molar-refractivity contribution in [1.82, 2.24) is 20.3 Å². The Bertz CT molecular complexity index is 493. The first-order chi connectivity index (χ1) is 11.3. The molecule has 3 N–H and O–H groups in total. The molecule has 0 aromatic heterocycles. The zero-order valence-corrected chi connectivity index (χ0v) is 16.6. The van der Waals surface area contributed by atoms with Crippen LogP contribution in [0.4, 0.5) is 0 Å². The monoisotopic (exact) mass is 361 g/mol. The molecule has 0 amide bonds. The topological polar surface area (TPSA) is 85.8 Å². The minimum Gasteiger partial charge on any atom is -0.357 e. The highest BCUT2D eigenvalue weighted by Gasteiger charge is 2.31. The summed E-state index contributed by atoms with van der Waals surface area (Å²) >= 11 is 0. The summed E-state index contributed by atoms with van der Waals surface area (Å²) in [7, 11) is -3.11. The maximum absolute atomic E-state index is 11.4. The third-order valence-electron chi connectivity index (χ3n) is 4.34. The second-order valence-corrected chi connectivity index (χ2v) is 8.78. The molecule has 0 aromatic rings. The summed E-state index contributed by atoms with van der Waals surface area (Å²) in [6.45, 7) is 14.4. The van der Waals surface area contributed by atoms with Crippen LogP contribution in [0.1, 0.15) is 41.0 Å². The molecule has 2 unspecified atom stereocenters. The van der Waals surface area contributed by atoms with Gasteiger partial charge in [-0.25, -0.2) is 13.1 Å². The van der Waals surface area contributed by atoms with Crippen LogP contribution in [-0.4, -0.2) is 69.8 Å². The molecular formula is C16H35N5O2S. The molecule has 0 saturated carbocycles. The Kier molecular flexibility index (Phi) is 9.01. The van der Waals surface area contributed by atoms with E-state index in [4.69, 9.17) is 0 Å². The van der Waals surface area contributed by atoms with Gasteiger partial charge in [0, 0.05) is 44.8 Å². The Morgan fingerprint density at radius 1 is 1.29 bits per heavy atom. The van der Waals surface area contributed by atoms with Gasteiger partial charge in [0.2, 0.25) is 10.0 Å². The molecule has 0 spiro atoms. The first-order valence-corrected chi connectivity index (χ1v) is 10.7. The van der Waals surface area contributed by atoms with Crippen molar-refractivity contribution in [1.29, 1.82) is 0 Å². The van der Waals surface area contributed by atoms with Gasteiger partial charge in [0.25, 0.3) is 0 Å². The number of likely N-dealkylation sites (tertiary alicyclic amines) is 1. The van der Waals surface area contributed by atoms with Crippen molar-refractivity contribution in [2.45, 2.75) is 53.1 Å². The quantitative estimate of drug-likeness (QED) is 0.318. The van der Waals surface area contributed by atoms with Gasteiger partial charge in [-0.15, -0.1) is 0 Å². The van der Waals surface area contributed by atoms with Gasteiger partial charge in [-0.05, 0) is 40.0 Å². The number of nitrogens with one attached hydrogen (secondary N) is 3. The molecule has 7 nitrogen and oxygen atoms in total. The van der Waals surface area contributed by atoms with E-state index in [9.17, 15) is 8.42 Å². The Morgan fingerprint density at radius 3 is 2.54 bits per heavy atom. The van der Waals surface area contributed by atoms with Crippen LogP contribution in [0.15, 0.2) is 4.99 Å². The molecule has 142 valence electrons. The van der Waals surface area contributed by atoms with E-state index in [2.05, 4.69) is 46.0 Å². The van der Waals surface area contributed by atoms with Crippen LogP contribution < -0.4 is 15.4 Å². The molecule has 2 atom stereocenters. The second kappa shape index (κ2) is 10.2. The number of rotatable bonds is 9. The van der Waals surface area contributed by atoms with Gasteiger partial charge in [-0.3, -0.25) is 9.89 Å². The van der Waals surface area contributed by atoms with E-state index in [0.29, 0.717) is 37.5 Å². The number of nitrogens with zero attached hydrogens (tertiary/aromatic N) is 2. The molecule has 0 aliphatic carbocycles. The number of hydrogen-bond acceptors (Lipinski definition) is 4. The lowest BCUT2D eigenvalue weighted by Crippen LogP contribution is -2.47. The van der Waals surface area contributed by atoms with E-state index in [-0.39, 0.29) is 5.75 Å². The number of guanidine groups is 1. The lowest BCUT2D eigenvalue weighted by molar-refractivity contribution is 0.265. The van der Waals surface area contributed by atoms with Crippen LogP contribution in [0.2, 0.25) is 0 Å². The third-order valence-corrected chi connectivity index (χ3v) is 5.75. The van der Waals surface area contributed by atoms with E-state index in [1.807, 2.05) is 6.92 Å². The first-order valence-electron chi connectivity index (χ1n) is 9.05. The molecule has 8 heteroatoms. The zero-order chi connectivity index (χ0) is 18.2. The number of hydrogen-bond donors (Lipinski definition) is 3. The minimum atomic E-state index is -3.11. The molecular weight excluding hydrogens is 326 g/mol. The van der Waals surface area contributed by atoms with Crippen LogP contribution in [0.25, 0.3) is 0 Å². The Labute approximate surface area is 147 Å². The fourth-order valence-electron chi connectivity index (χ4n) is 2.71. The number of sulfonamides is 1. The average molecular weight is 362 g/mol. The Hall–Kier alpha value is -0.860.